The van der Waals surface area contributed by atoms with Crippen LogP contribution in [0.15, 0.2) is 24.3 Å². The summed E-state index contributed by atoms with van der Waals surface area (Å²) in [4.78, 5) is 0. The third-order valence-electron chi connectivity index (χ3n) is 3.58. The summed E-state index contributed by atoms with van der Waals surface area (Å²) in [6.45, 7) is 2.00. The van der Waals surface area contributed by atoms with E-state index in [2.05, 4.69) is 11.4 Å². The minimum atomic E-state index is -0.144. The molecule has 15 heavy (non-hydrogen) atoms. The SMILES string of the molecule is N[C@@H]1c2ccccc2OC12CCNCC2. The highest BCUT2D eigenvalue weighted by Crippen LogP contribution is 2.45. The van der Waals surface area contributed by atoms with Gasteiger partial charge in [-0.05, 0) is 19.2 Å². The highest BCUT2D eigenvalue weighted by Gasteiger charge is 2.46. The van der Waals surface area contributed by atoms with E-state index in [9.17, 15) is 0 Å². The Bertz CT molecular complexity index is 372. The van der Waals surface area contributed by atoms with Crippen molar-refractivity contribution < 1.29 is 4.74 Å². The lowest BCUT2D eigenvalue weighted by Crippen LogP contribution is -2.50. The molecule has 2 aliphatic heterocycles. The molecule has 0 radical (unpaired) electrons. The van der Waals surface area contributed by atoms with Gasteiger partial charge >= 0.3 is 0 Å². The molecule has 80 valence electrons. The lowest BCUT2D eigenvalue weighted by molar-refractivity contribution is 0.0369. The van der Waals surface area contributed by atoms with Crippen molar-refractivity contribution in [2.45, 2.75) is 24.5 Å². The van der Waals surface area contributed by atoms with Gasteiger partial charge in [0.1, 0.15) is 11.4 Å². The van der Waals surface area contributed by atoms with Crippen LogP contribution in [0.2, 0.25) is 0 Å². The molecule has 0 bridgehead atoms. The predicted molar refractivity (Wildman–Crippen MR) is 58.8 cm³/mol. The first-order chi connectivity index (χ1) is 7.32. The van der Waals surface area contributed by atoms with Crippen molar-refractivity contribution in [3.8, 4) is 5.75 Å². The van der Waals surface area contributed by atoms with Gasteiger partial charge in [0.15, 0.2) is 0 Å². The number of piperidine rings is 1. The molecule has 0 aromatic heterocycles. The standard InChI is InChI=1S/C12H16N2O/c13-11-9-3-1-2-4-10(9)15-12(11)5-7-14-8-6-12/h1-4,11,14H,5-8,13H2/t11-/m1/s1. The average molecular weight is 204 g/mol. The number of nitrogens with one attached hydrogen (secondary N) is 1. The molecule has 3 N–H and O–H groups in total. The first-order valence-corrected chi connectivity index (χ1v) is 5.56. The molecular weight excluding hydrogens is 188 g/mol. The second-order valence-corrected chi connectivity index (χ2v) is 4.43. The predicted octanol–water partition coefficient (Wildman–Crippen LogP) is 1.20. The normalized spacial score (nSPS) is 27.4. The van der Waals surface area contributed by atoms with E-state index < -0.39 is 0 Å². The van der Waals surface area contributed by atoms with Crippen LogP contribution in [-0.4, -0.2) is 18.7 Å². The summed E-state index contributed by atoms with van der Waals surface area (Å²) in [7, 11) is 0. The second-order valence-electron chi connectivity index (χ2n) is 4.43. The second kappa shape index (κ2) is 3.22. The molecule has 2 aliphatic rings. The molecule has 1 atom stereocenters. The molecule has 1 spiro atoms. The Balaban J connectivity index is 1.98. The number of rotatable bonds is 0. The topological polar surface area (TPSA) is 47.3 Å². The molecule has 3 rings (SSSR count). The van der Waals surface area contributed by atoms with Gasteiger partial charge in [0.2, 0.25) is 0 Å². The van der Waals surface area contributed by atoms with Gasteiger partial charge in [-0.1, -0.05) is 18.2 Å². The fraction of sp³-hybridized carbons (Fsp3) is 0.500. The van der Waals surface area contributed by atoms with Gasteiger partial charge in [0.05, 0.1) is 6.04 Å². The van der Waals surface area contributed by atoms with Crippen LogP contribution in [0.4, 0.5) is 0 Å². The van der Waals surface area contributed by atoms with E-state index in [1.807, 2.05) is 18.2 Å². The van der Waals surface area contributed by atoms with Gasteiger partial charge in [0, 0.05) is 18.4 Å². The summed E-state index contributed by atoms with van der Waals surface area (Å²) in [6.07, 6.45) is 2.01. The number of hydrogen-bond donors (Lipinski definition) is 2. The molecule has 2 heterocycles. The third kappa shape index (κ3) is 1.27. The van der Waals surface area contributed by atoms with Gasteiger partial charge in [-0.15, -0.1) is 0 Å². The van der Waals surface area contributed by atoms with E-state index >= 15 is 0 Å². The molecule has 1 aromatic carbocycles. The van der Waals surface area contributed by atoms with E-state index in [0.29, 0.717) is 0 Å². The lowest BCUT2D eigenvalue weighted by atomic mass is 9.84. The van der Waals surface area contributed by atoms with Crippen molar-refractivity contribution in [3.63, 3.8) is 0 Å². The van der Waals surface area contributed by atoms with Crippen LogP contribution in [0.1, 0.15) is 24.4 Å². The van der Waals surface area contributed by atoms with E-state index in [1.54, 1.807) is 0 Å². The highest BCUT2D eigenvalue weighted by molar-refractivity contribution is 5.42. The summed E-state index contributed by atoms with van der Waals surface area (Å²) < 4.78 is 6.08. The zero-order chi connectivity index (χ0) is 10.3. The number of hydrogen-bond acceptors (Lipinski definition) is 3. The fourth-order valence-corrected chi connectivity index (χ4v) is 2.66. The van der Waals surface area contributed by atoms with E-state index in [4.69, 9.17) is 10.5 Å². The van der Waals surface area contributed by atoms with E-state index in [0.717, 1.165) is 31.7 Å². The van der Waals surface area contributed by atoms with Crippen molar-refractivity contribution in [1.82, 2.24) is 5.32 Å². The Morgan fingerprint density at radius 3 is 2.73 bits per heavy atom. The van der Waals surface area contributed by atoms with Gasteiger partial charge in [-0.3, -0.25) is 0 Å². The molecular formula is C12H16N2O. The molecule has 1 fully saturated rings. The minimum Gasteiger partial charge on any atom is -0.485 e. The van der Waals surface area contributed by atoms with Crippen LogP contribution in [0.5, 0.6) is 5.75 Å². The summed E-state index contributed by atoms with van der Waals surface area (Å²) in [5.74, 6) is 0.979. The largest absolute Gasteiger partial charge is 0.485 e. The summed E-state index contributed by atoms with van der Waals surface area (Å²) in [5.41, 5.74) is 7.33. The Hall–Kier alpha value is -1.06. The van der Waals surface area contributed by atoms with Crippen LogP contribution in [-0.2, 0) is 0 Å². The number of fused-ring (bicyclic) bond motifs is 1. The van der Waals surface area contributed by atoms with Gasteiger partial charge in [-0.25, -0.2) is 0 Å². The Labute approximate surface area is 89.6 Å². The number of para-hydroxylation sites is 1. The van der Waals surface area contributed by atoms with Crippen LogP contribution in [0, 0.1) is 0 Å². The molecule has 0 unspecified atom stereocenters. The summed E-state index contributed by atoms with van der Waals surface area (Å²) >= 11 is 0. The quantitative estimate of drug-likeness (QED) is 0.667. The Morgan fingerprint density at radius 1 is 1.27 bits per heavy atom. The molecule has 1 aromatic rings. The number of benzene rings is 1. The average Bonchev–Trinajstić information content (AvgIpc) is 2.54. The summed E-state index contributed by atoms with van der Waals surface area (Å²) in [6, 6.07) is 8.17. The highest BCUT2D eigenvalue weighted by atomic mass is 16.5. The monoisotopic (exact) mass is 204 g/mol. The van der Waals surface area contributed by atoms with Gasteiger partial charge in [0.25, 0.3) is 0 Å². The molecule has 1 saturated heterocycles. The molecule has 0 saturated carbocycles. The number of ether oxygens (including phenoxy) is 1. The smallest absolute Gasteiger partial charge is 0.131 e. The first-order valence-electron chi connectivity index (χ1n) is 5.56. The van der Waals surface area contributed by atoms with Gasteiger partial charge in [-0.2, -0.15) is 0 Å². The van der Waals surface area contributed by atoms with Crippen molar-refractivity contribution in [1.29, 1.82) is 0 Å². The van der Waals surface area contributed by atoms with Crippen molar-refractivity contribution in [3.05, 3.63) is 29.8 Å². The molecule has 0 amide bonds. The van der Waals surface area contributed by atoms with Crippen molar-refractivity contribution in [2.75, 3.05) is 13.1 Å². The lowest BCUT2D eigenvalue weighted by Gasteiger charge is -2.36. The van der Waals surface area contributed by atoms with Crippen LogP contribution in [0.3, 0.4) is 0 Å². The fourth-order valence-electron chi connectivity index (χ4n) is 2.66. The molecule has 3 nitrogen and oxygen atoms in total. The Morgan fingerprint density at radius 2 is 2.00 bits per heavy atom. The third-order valence-corrected chi connectivity index (χ3v) is 3.58. The molecule has 0 aliphatic carbocycles. The van der Waals surface area contributed by atoms with Crippen molar-refractivity contribution >= 4 is 0 Å². The van der Waals surface area contributed by atoms with E-state index in [-0.39, 0.29) is 11.6 Å². The maximum Gasteiger partial charge on any atom is 0.131 e. The van der Waals surface area contributed by atoms with Crippen LogP contribution < -0.4 is 15.8 Å². The Kier molecular flexibility index (Phi) is 1.97. The van der Waals surface area contributed by atoms with E-state index in [1.165, 1.54) is 5.56 Å². The maximum absolute atomic E-state index is 6.30. The maximum atomic E-state index is 6.30. The summed E-state index contributed by atoms with van der Waals surface area (Å²) in [5, 5.41) is 3.35. The first kappa shape index (κ1) is 9.19. The van der Waals surface area contributed by atoms with Gasteiger partial charge < -0.3 is 15.8 Å². The van der Waals surface area contributed by atoms with Crippen LogP contribution >= 0.6 is 0 Å². The zero-order valence-electron chi connectivity index (χ0n) is 8.70. The zero-order valence-corrected chi connectivity index (χ0v) is 8.70. The van der Waals surface area contributed by atoms with Crippen LogP contribution in [0.25, 0.3) is 0 Å². The molecule has 3 heteroatoms. The van der Waals surface area contributed by atoms with Crippen molar-refractivity contribution in [2.24, 2.45) is 5.73 Å². The minimum absolute atomic E-state index is 0.0378. The number of nitrogens with two attached hydrogens (primary N) is 1.